The van der Waals surface area contributed by atoms with Crippen molar-refractivity contribution in [1.82, 2.24) is 10.2 Å². The molecule has 0 spiro atoms. The average Bonchev–Trinajstić information content (AvgIpc) is 3.17. The van der Waals surface area contributed by atoms with E-state index in [2.05, 4.69) is 17.4 Å². The molecule has 1 aliphatic heterocycles. The molecule has 4 heteroatoms. The number of nitrogens with one attached hydrogen (secondary N) is 1. The smallest absolute Gasteiger partial charge is 0.219 e. The second-order valence-electron chi connectivity index (χ2n) is 6.59. The highest BCUT2D eigenvalue weighted by molar-refractivity contribution is 5.73. The molecule has 1 aliphatic carbocycles. The number of carbonyl (C=O) groups is 1. The van der Waals surface area contributed by atoms with E-state index in [4.69, 9.17) is 4.42 Å². The molecule has 0 bridgehead atoms. The number of likely N-dealkylation sites (tertiary alicyclic amines) is 1. The second-order valence-corrected chi connectivity index (χ2v) is 6.59. The van der Waals surface area contributed by atoms with Crippen LogP contribution in [-0.4, -0.2) is 29.9 Å². The van der Waals surface area contributed by atoms with Crippen molar-refractivity contribution in [3.05, 3.63) is 23.7 Å². The van der Waals surface area contributed by atoms with E-state index >= 15 is 0 Å². The lowest BCUT2D eigenvalue weighted by Gasteiger charge is -2.26. The van der Waals surface area contributed by atoms with Gasteiger partial charge in [0.05, 0.1) is 6.04 Å². The minimum Gasteiger partial charge on any atom is -0.465 e. The van der Waals surface area contributed by atoms with Gasteiger partial charge in [-0.05, 0) is 44.2 Å². The molecule has 1 N–H and O–H groups in total. The summed E-state index contributed by atoms with van der Waals surface area (Å²) in [6, 6.07) is 4.86. The Morgan fingerprint density at radius 1 is 1.33 bits per heavy atom. The summed E-state index contributed by atoms with van der Waals surface area (Å²) in [5, 5.41) is 3.78. The van der Waals surface area contributed by atoms with Crippen LogP contribution in [0.5, 0.6) is 0 Å². The number of rotatable bonds is 4. The Bertz CT molecular complexity index is 491. The maximum absolute atomic E-state index is 11.5. The van der Waals surface area contributed by atoms with Gasteiger partial charge < -0.3 is 14.6 Å². The highest BCUT2D eigenvalue weighted by Gasteiger charge is 2.33. The van der Waals surface area contributed by atoms with E-state index in [1.165, 1.54) is 25.7 Å². The lowest BCUT2D eigenvalue weighted by atomic mass is 9.95. The molecule has 1 saturated carbocycles. The first-order valence-electron chi connectivity index (χ1n) is 8.21. The summed E-state index contributed by atoms with van der Waals surface area (Å²) in [5.74, 6) is 2.90. The number of amides is 1. The Morgan fingerprint density at radius 2 is 2.10 bits per heavy atom. The van der Waals surface area contributed by atoms with Crippen LogP contribution in [0.4, 0.5) is 0 Å². The topological polar surface area (TPSA) is 45.5 Å². The third kappa shape index (κ3) is 3.31. The fraction of sp³-hybridized carbons (Fsp3) is 0.706. The van der Waals surface area contributed by atoms with Crippen molar-refractivity contribution in [2.75, 3.05) is 13.1 Å². The van der Waals surface area contributed by atoms with E-state index in [1.807, 2.05) is 11.8 Å². The van der Waals surface area contributed by atoms with E-state index in [9.17, 15) is 4.79 Å². The number of hydrogen-bond acceptors (Lipinski definition) is 3. The van der Waals surface area contributed by atoms with Crippen LogP contribution in [0.25, 0.3) is 0 Å². The zero-order valence-electron chi connectivity index (χ0n) is 13.1. The van der Waals surface area contributed by atoms with Gasteiger partial charge in [0.1, 0.15) is 11.5 Å². The van der Waals surface area contributed by atoms with Gasteiger partial charge in [0.15, 0.2) is 0 Å². The molecule has 0 unspecified atom stereocenters. The van der Waals surface area contributed by atoms with Gasteiger partial charge in [-0.2, -0.15) is 0 Å². The Labute approximate surface area is 126 Å². The Balaban J connectivity index is 1.69. The van der Waals surface area contributed by atoms with E-state index < -0.39 is 0 Å². The van der Waals surface area contributed by atoms with Crippen LogP contribution in [0.3, 0.4) is 0 Å². The summed E-state index contributed by atoms with van der Waals surface area (Å²) in [5.41, 5.74) is 0. The van der Waals surface area contributed by atoms with Crippen LogP contribution in [-0.2, 0) is 4.79 Å². The van der Waals surface area contributed by atoms with Gasteiger partial charge in [0, 0.05) is 26.1 Å². The van der Waals surface area contributed by atoms with Gasteiger partial charge in [-0.15, -0.1) is 0 Å². The predicted molar refractivity (Wildman–Crippen MR) is 81.9 cm³/mol. The molecule has 3 rings (SSSR count). The summed E-state index contributed by atoms with van der Waals surface area (Å²) < 4.78 is 5.90. The molecule has 0 aromatic carbocycles. The van der Waals surface area contributed by atoms with Crippen LogP contribution in [0, 0.1) is 12.8 Å². The second kappa shape index (κ2) is 6.22. The molecule has 1 amide bonds. The Hall–Kier alpha value is -1.29. The zero-order chi connectivity index (χ0) is 14.8. The molecule has 116 valence electrons. The number of furan rings is 1. The van der Waals surface area contributed by atoms with Crippen molar-refractivity contribution >= 4 is 5.91 Å². The standard InChI is InChI=1S/C17H26N2O2/c1-12-7-8-16(21-12)17(14-5-3-4-6-14)18-15-9-10-19(11-15)13(2)20/h7-8,14-15,17-18H,3-6,9-11H2,1-2H3/t15-,17-/m1/s1. The third-order valence-corrected chi connectivity index (χ3v) is 4.99. The molecule has 1 aromatic rings. The highest BCUT2D eigenvalue weighted by Crippen LogP contribution is 2.37. The van der Waals surface area contributed by atoms with Crippen molar-refractivity contribution in [2.45, 2.75) is 58.0 Å². The Kier molecular flexibility index (Phi) is 4.34. The zero-order valence-corrected chi connectivity index (χ0v) is 13.1. The number of aryl methyl sites for hydroxylation is 1. The fourth-order valence-electron chi connectivity index (χ4n) is 3.80. The first kappa shape index (κ1) is 14.6. The van der Waals surface area contributed by atoms with Gasteiger partial charge in [-0.3, -0.25) is 4.79 Å². The van der Waals surface area contributed by atoms with Gasteiger partial charge in [-0.1, -0.05) is 12.8 Å². The van der Waals surface area contributed by atoms with E-state index in [0.29, 0.717) is 18.0 Å². The summed E-state index contributed by atoms with van der Waals surface area (Å²) in [7, 11) is 0. The van der Waals surface area contributed by atoms with Gasteiger partial charge in [-0.25, -0.2) is 0 Å². The molecule has 2 aliphatic rings. The minimum atomic E-state index is 0.186. The largest absolute Gasteiger partial charge is 0.465 e. The first-order valence-corrected chi connectivity index (χ1v) is 8.21. The number of nitrogens with zero attached hydrogens (tertiary/aromatic N) is 1. The van der Waals surface area contributed by atoms with Gasteiger partial charge in [0.2, 0.25) is 5.91 Å². The van der Waals surface area contributed by atoms with Crippen molar-refractivity contribution in [1.29, 1.82) is 0 Å². The highest BCUT2D eigenvalue weighted by atomic mass is 16.3. The summed E-state index contributed by atoms with van der Waals surface area (Å²) in [6.07, 6.45) is 6.25. The molecule has 0 radical (unpaired) electrons. The van der Waals surface area contributed by atoms with Crippen molar-refractivity contribution in [3.63, 3.8) is 0 Å². The summed E-state index contributed by atoms with van der Waals surface area (Å²) in [4.78, 5) is 13.4. The van der Waals surface area contributed by atoms with E-state index in [1.54, 1.807) is 6.92 Å². The van der Waals surface area contributed by atoms with Crippen molar-refractivity contribution in [2.24, 2.45) is 5.92 Å². The van der Waals surface area contributed by atoms with Crippen molar-refractivity contribution < 1.29 is 9.21 Å². The molecule has 1 aromatic heterocycles. The fourth-order valence-corrected chi connectivity index (χ4v) is 3.80. The summed E-state index contributed by atoms with van der Waals surface area (Å²) >= 11 is 0. The van der Waals surface area contributed by atoms with Crippen molar-refractivity contribution in [3.8, 4) is 0 Å². The SMILES string of the molecule is CC(=O)N1CC[C@@H](N[C@@H](c2ccc(C)o2)C2CCCC2)C1. The molecular weight excluding hydrogens is 264 g/mol. The predicted octanol–water partition coefficient (Wildman–Crippen LogP) is 3.03. The first-order chi connectivity index (χ1) is 10.1. The normalized spacial score (nSPS) is 24.7. The maximum Gasteiger partial charge on any atom is 0.219 e. The molecule has 4 nitrogen and oxygen atoms in total. The lowest BCUT2D eigenvalue weighted by Crippen LogP contribution is -2.38. The molecule has 2 fully saturated rings. The molecule has 1 saturated heterocycles. The Morgan fingerprint density at radius 3 is 2.67 bits per heavy atom. The van der Waals surface area contributed by atoms with Gasteiger partial charge in [0.25, 0.3) is 0 Å². The quantitative estimate of drug-likeness (QED) is 0.927. The monoisotopic (exact) mass is 290 g/mol. The molecule has 2 atom stereocenters. The van der Waals surface area contributed by atoms with Crippen LogP contribution < -0.4 is 5.32 Å². The number of hydrogen-bond donors (Lipinski definition) is 1. The lowest BCUT2D eigenvalue weighted by molar-refractivity contribution is -0.127. The average molecular weight is 290 g/mol. The summed E-state index contributed by atoms with van der Waals surface area (Å²) in [6.45, 7) is 5.37. The van der Waals surface area contributed by atoms with E-state index in [0.717, 1.165) is 31.0 Å². The molecule has 21 heavy (non-hydrogen) atoms. The van der Waals surface area contributed by atoms with Crippen LogP contribution in [0.15, 0.2) is 16.5 Å². The molecular formula is C17H26N2O2. The van der Waals surface area contributed by atoms with Crippen LogP contribution in [0.1, 0.15) is 56.6 Å². The van der Waals surface area contributed by atoms with Crippen LogP contribution >= 0.6 is 0 Å². The number of carbonyl (C=O) groups excluding carboxylic acids is 1. The third-order valence-electron chi connectivity index (χ3n) is 4.99. The maximum atomic E-state index is 11.5. The minimum absolute atomic E-state index is 0.186. The van der Waals surface area contributed by atoms with Crippen LogP contribution in [0.2, 0.25) is 0 Å². The molecule has 2 heterocycles. The van der Waals surface area contributed by atoms with E-state index in [-0.39, 0.29) is 5.91 Å². The van der Waals surface area contributed by atoms with Gasteiger partial charge >= 0.3 is 0 Å².